The van der Waals surface area contributed by atoms with Crippen LogP contribution in [0.5, 0.6) is 0 Å². The second kappa shape index (κ2) is 6.26. The third kappa shape index (κ3) is 3.90. The van der Waals surface area contributed by atoms with Crippen LogP contribution < -0.4 is 4.72 Å². The SMILES string of the molecule is CC(Cn1cccn1)NS(=O)(=O)c1cc(C(=O)O)sc1Br. The van der Waals surface area contributed by atoms with Gasteiger partial charge in [-0.15, -0.1) is 11.3 Å². The molecule has 0 aliphatic rings. The zero-order valence-corrected chi connectivity index (χ0v) is 14.1. The van der Waals surface area contributed by atoms with Crippen molar-refractivity contribution in [2.24, 2.45) is 0 Å². The Kier molecular flexibility index (Phi) is 4.81. The summed E-state index contributed by atoms with van der Waals surface area (Å²) in [7, 11) is -3.80. The number of carboxylic acid groups (broad SMARTS) is 1. The quantitative estimate of drug-likeness (QED) is 0.778. The highest BCUT2D eigenvalue weighted by Gasteiger charge is 2.24. The second-order valence-corrected chi connectivity index (χ2v) is 8.36. The lowest BCUT2D eigenvalue weighted by molar-refractivity contribution is 0.0702. The van der Waals surface area contributed by atoms with Gasteiger partial charge in [0.25, 0.3) is 0 Å². The van der Waals surface area contributed by atoms with Gasteiger partial charge in [0.2, 0.25) is 10.0 Å². The molecule has 114 valence electrons. The Morgan fingerprint density at radius 1 is 1.62 bits per heavy atom. The van der Waals surface area contributed by atoms with Crippen LogP contribution in [0.2, 0.25) is 0 Å². The number of carbonyl (C=O) groups is 1. The Bertz CT molecular complexity index is 740. The molecular formula is C11H12BrN3O4S2. The molecule has 2 N–H and O–H groups in total. The number of aromatic nitrogens is 2. The van der Waals surface area contributed by atoms with Crippen LogP contribution in [0.25, 0.3) is 0 Å². The Morgan fingerprint density at radius 3 is 2.86 bits per heavy atom. The first-order chi connectivity index (χ1) is 9.79. The highest BCUT2D eigenvalue weighted by Crippen LogP contribution is 2.31. The molecule has 0 spiro atoms. The van der Waals surface area contributed by atoms with Crippen molar-refractivity contribution in [3.8, 4) is 0 Å². The number of rotatable bonds is 6. The Labute approximate surface area is 133 Å². The molecule has 2 rings (SSSR count). The summed E-state index contributed by atoms with van der Waals surface area (Å²) < 4.78 is 28.9. The van der Waals surface area contributed by atoms with E-state index < -0.39 is 22.0 Å². The van der Waals surface area contributed by atoms with Crippen molar-refractivity contribution in [1.29, 1.82) is 0 Å². The van der Waals surface area contributed by atoms with Crippen LogP contribution in [-0.4, -0.2) is 35.3 Å². The number of aromatic carboxylic acids is 1. The lowest BCUT2D eigenvalue weighted by Gasteiger charge is -2.13. The van der Waals surface area contributed by atoms with Gasteiger partial charge in [0, 0.05) is 18.4 Å². The Morgan fingerprint density at radius 2 is 2.33 bits per heavy atom. The van der Waals surface area contributed by atoms with Crippen molar-refractivity contribution in [2.45, 2.75) is 24.4 Å². The van der Waals surface area contributed by atoms with E-state index in [1.165, 1.54) is 0 Å². The molecule has 0 aliphatic heterocycles. The molecule has 0 radical (unpaired) electrons. The van der Waals surface area contributed by atoms with Crippen molar-refractivity contribution in [3.05, 3.63) is 33.2 Å². The van der Waals surface area contributed by atoms with Gasteiger partial charge in [0.1, 0.15) is 9.77 Å². The van der Waals surface area contributed by atoms with Gasteiger partial charge in [0.15, 0.2) is 0 Å². The van der Waals surface area contributed by atoms with Crippen LogP contribution in [0.4, 0.5) is 0 Å². The number of nitrogens with zero attached hydrogens (tertiary/aromatic N) is 2. The van der Waals surface area contributed by atoms with Gasteiger partial charge in [0.05, 0.1) is 10.3 Å². The second-order valence-electron chi connectivity index (χ2n) is 4.30. The minimum atomic E-state index is -3.80. The molecule has 7 nitrogen and oxygen atoms in total. The first-order valence-electron chi connectivity index (χ1n) is 5.82. The maximum absolute atomic E-state index is 12.3. The zero-order chi connectivity index (χ0) is 15.6. The van der Waals surface area contributed by atoms with Crippen molar-refractivity contribution in [1.82, 2.24) is 14.5 Å². The number of hydrogen-bond donors (Lipinski definition) is 2. The van der Waals surface area contributed by atoms with Crippen LogP contribution in [-0.2, 0) is 16.6 Å². The first kappa shape index (κ1) is 16.1. The largest absolute Gasteiger partial charge is 0.477 e. The number of hydrogen-bond acceptors (Lipinski definition) is 5. The number of thiophene rings is 1. The van der Waals surface area contributed by atoms with Crippen molar-refractivity contribution in [2.75, 3.05) is 0 Å². The number of halogens is 1. The van der Waals surface area contributed by atoms with Crippen LogP contribution >= 0.6 is 27.3 Å². The van der Waals surface area contributed by atoms with E-state index in [-0.39, 0.29) is 13.6 Å². The molecule has 0 saturated heterocycles. The van der Waals surface area contributed by atoms with Crippen LogP contribution in [0.15, 0.2) is 33.2 Å². The predicted octanol–water partition coefficient (Wildman–Crippen LogP) is 1.77. The molecule has 1 unspecified atom stereocenters. The molecule has 0 aliphatic carbocycles. The molecule has 0 aromatic carbocycles. The summed E-state index contributed by atoms with van der Waals surface area (Å²) >= 11 is 3.95. The van der Waals surface area contributed by atoms with Gasteiger partial charge in [-0.2, -0.15) is 5.10 Å². The third-order valence-corrected chi connectivity index (χ3v) is 6.36. The minimum absolute atomic E-state index is 0.0398. The van der Waals surface area contributed by atoms with E-state index in [9.17, 15) is 13.2 Å². The standard InChI is InChI=1S/C11H12BrN3O4S2/c1-7(6-15-4-2-3-13-15)14-21(18,19)9-5-8(11(16)17)20-10(9)12/h2-5,7,14H,6H2,1H3,(H,16,17). The molecule has 2 aromatic rings. The molecule has 21 heavy (non-hydrogen) atoms. The Balaban J connectivity index is 2.16. The van der Waals surface area contributed by atoms with Gasteiger partial charge in [-0.25, -0.2) is 17.9 Å². The fourth-order valence-electron chi connectivity index (χ4n) is 1.70. The smallest absolute Gasteiger partial charge is 0.345 e. The summed E-state index contributed by atoms with van der Waals surface area (Å²) in [5.74, 6) is -1.16. The summed E-state index contributed by atoms with van der Waals surface area (Å²) in [6, 6.07) is 2.49. The molecule has 0 bridgehead atoms. The average Bonchev–Trinajstić information content (AvgIpc) is 2.97. The molecule has 2 heterocycles. The van der Waals surface area contributed by atoms with E-state index in [0.717, 1.165) is 17.4 Å². The van der Waals surface area contributed by atoms with E-state index in [1.807, 2.05) is 0 Å². The van der Waals surface area contributed by atoms with E-state index in [2.05, 4.69) is 25.8 Å². The van der Waals surface area contributed by atoms with Crippen molar-refractivity contribution >= 4 is 43.3 Å². The number of nitrogens with one attached hydrogen (secondary N) is 1. The summed E-state index contributed by atoms with van der Waals surface area (Å²) in [4.78, 5) is 10.8. The molecule has 0 amide bonds. The topological polar surface area (TPSA) is 101 Å². The van der Waals surface area contributed by atoms with Crippen molar-refractivity contribution in [3.63, 3.8) is 0 Å². The average molecular weight is 394 g/mol. The van der Waals surface area contributed by atoms with Gasteiger partial charge >= 0.3 is 5.97 Å². The molecule has 0 saturated carbocycles. The summed E-state index contributed by atoms with van der Waals surface area (Å²) in [5.41, 5.74) is 0. The lowest BCUT2D eigenvalue weighted by atomic mass is 10.4. The number of sulfonamides is 1. The molecule has 2 aromatic heterocycles. The van der Waals surface area contributed by atoms with E-state index in [0.29, 0.717) is 6.54 Å². The molecule has 10 heteroatoms. The molecular weight excluding hydrogens is 382 g/mol. The van der Waals surface area contributed by atoms with Crippen LogP contribution in [0.3, 0.4) is 0 Å². The summed E-state index contributed by atoms with van der Waals surface area (Å²) in [6.07, 6.45) is 3.34. The molecule has 1 atom stereocenters. The fourth-order valence-corrected chi connectivity index (χ4v) is 5.33. The fraction of sp³-hybridized carbons (Fsp3) is 0.273. The highest BCUT2D eigenvalue weighted by atomic mass is 79.9. The monoisotopic (exact) mass is 393 g/mol. The van der Waals surface area contributed by atoms with E-state index in [4.69, 9.17) is 5.11 Å². The zero-order valence-electron chi connectivity index (χ0n) is 10.9. The number of carboxylic acids is 1. The Hall–Kier alpha value is -1.23. The maximum Gasteiger partial charge on any atom is 0.345 e. The van der Waals surface area contributed by atoms with Crippen LogP contribution in [0, 0.1) is 0 Å². The first-order valence-corrected chi connectivity index (χ1v) is 8.91. The third-order valence-electron chi connectivity index (χ3n) is 2.53. The summed E-state index contributed by atoms with van der Waals surface area (Å²) in [6.45, 7) is 2.08. The van der Waals surface area contributed by atoms with Gasteiger partial charge in [-0.3, -0.25) is 4.68 Å². The van der Waals surface area contributed by atoms with Crippen molar-refractivity contribution < 1.29 is 18.3 Å². The van der Waals surface area contributed by atoms with E-state index >= 15 is 0 Å². The van der Waals surface area contributed by atoms with Gasteiger partial charge < -0.3 is 5.11 Å². The van der Waals surface area contributed by atoms with Gasteiger partial charge in [-0.1, -0.05) is 0 Å². The normalized spacial score (nSPS) is 13.2. The summed E-state index contributed by atoms with van der Waals surface area (Å²) in [5, 5.41) is 12.9. The molecule has 0 fully saturated rings. The maximum atomic E-state index is 12.3. The minimum Gasteiger partial charge on any atom is -0.477 e. The highest BCUT2D eigenvalue weighted by molar-refractivity contribution is 9.11. The van der Waals surface area contributed by atoms with Gasteiger partial charge in [-0.05, 0) is 35.0 Å². The predicted molar refractivity (Wildman–Crippen MR) is 81.0 cm³/mol. The lowest BCUT2D eigenvalue weighted by Crippen LogP contribution is -2.35. The van der Waals surface area contributed by atoms with E-state index in [1.54, 1.807) is 30.1 Å². The van der Waals surface area contributed by atoms with Crippen LogP contribution in [0.1, 0.15) is 16.6 Å².